The van der Waals surface area contributed by atoms with Gasteiger partial charge < -0.3 is 10.3 Å². The van der Waals surface area contributed by atoms with Crippen molar-refractivity contribution in [3.8, 4) is 0 Å². The Morgan fingerprint density at radius 3 is 2.93 bits per heavy atom. The highest BCUT2D eigenvalue weighted by atomic mass is 16.1. The van der Waals surface area contributed by atoms with Gasteiger partial charge in [0.25, 0.3) is 5.91 Å². The van der Waals surface area contributed by atoms with Crippen LogP contribution >= 0.6 is 0 Å². The average Bonchev–Trinajstić information content (AvgIpc) is 2.60. The van der Waals surface area contributed by atoms with Crippen molar-refractivity contribution in [2.24, 2.45) is 5.73 Å². The van der Waals surface area contributed by atoms with Gasteiger partial charge >= 0.3 is 0 Å². The Morgan fingerprint density at radius 2 is 2.29 bits per heavy atom. The first-order valence-corrected chi connectivity index (χ1v) is 4.93. The number of carbonyl (C=O) groups is 1. The van der Waals surface area contributed by atoms with Gasteiger partial charge in [0.05, 0.1) is 0 Å². The van der Waals surface area contributed by atoms with Crippen molar-refractivity contribution in [2.45, 2.75) is 39.2 Å². The van der Waals surface area contributed by atoms with E-state index in [0.29, 0.717) is 0 Å². The Hall–Kier alpha value is -1.39. The summed E-state index contributed by atoms with van der Waals surface area (Å²) in [6.07, 6.45) is 6.16. The third-order valence-corrected chi connectivity index (χ3v) is 2.09. The lowest BCUT2D eigenvalue weighted by Gasteiger charge is -2.02. The molecule has 0 saturated heterocycles. The van der Waals surface area contributed by atoms with Crippen LogP contribution in [0.25, 0.3) is 0 Å². The summed E-state index contributed by atoms with van der Waals surface area (Å²) in [6.45, 7) is 2.93. The summed E-state index contributed by atoms with van der Waals surface area (Å²) in [4.78, 5) is 10.9. The molecule has 0 aliphatic rings. The van der Waals surface area contributed by atoms with Crippen LogP contribution in [0.1, 0.15) is 43.2 Å². The highest BCUT2D eigenvalue weighted by Gasteiger charge is 2.08. The molecular formula is C9H16N4O. The van der Waals surface area contributed by atoms with Gasteiger partial charge in [-0.25, -0.2) is 0 Å². The quantitative estimate of drug-likeness (QED) is 0.688. The zero-order valence-corrected chi connectivity index (χ0v) is 8.44. The van der Waals surface area contributed by atoms with E-state index in [1.54, 1.807) is 10.9 Å². The fraction of sp³-hybridized carbons (Fsp3) is 0.667. The number of amides is 1. The third-order valence-electron chi connectivity index (χ3n) is 2.09. The molecule has 1 aromatic rings. The number of nitrogens with two attached hydrogens (primary N) is 1. The van der Waals surface area contributed by atoms with Crippen LogP contribution < -0.4 is 5.73 Å². The summed E-state index contributed by atoms with van der Waals surface area (Å²) < 4.78 is 1.71. The molecule has 1 amide bonds. The highest BCUT2D eigenvalue weighted by molar-refractivity contribution is 5.88. The van der Waals surface area contributed by atoms with Gasteiger partial charge in [-0.05, 0) is 6.42 Å². The van der Waals surface area contributed by atoms with E-state index in [-0.39, 0.29) is 5.82 Å². The van der Waals surface area contributed by atoms with Crippen LogP contribution in [0.15, 0.2) is 6.33 Å². The molecule has 0 unspecified atom stereocenters. The van der Waals surface area contributed by atoms with Gasteiger partial charge in [-0.3, -0.25) is 4.79 Å². The van der Waals surface area contributed by atoms with Crippen LogP contribution in [-0.2, 0) is 6.54 Å². The number of hydrogen-bond acceptors (Lipinski definition) is 3. The summed E-state index contributed by atoms with van der Waals surface area (Å²) in [6, 6.07) is 0. The maximum atomic E-state index is 10.9. The Morgan fingerprint density at radius 1 is 1.50 bits per heavy atom. The topological polar surface area (TPSA) is 73.8 Å². The highest BCUT2D eigenvalue weighted by Crippen LogP contribution is 2.03. The second kappa shape index (κ2) is 5.36. The van der Waals surface area contributed by atoms with Gasteiger partial charge in [-0.15, -0.1) is 10.2 Å². The second-order valence-electron chi connectivity index (χ2n) is 3.27. The number of carbonyl (C=O) groups excluding carboxylic acids is 1. The molecule has 0 fully saturated rings. The molecule has 1 aromatic heterocycles. The predicted molar refractivity (Wildman–Crippen MR) is 52.7 cm³/mol. The van der Waals surface area contributed by atoms with Gasteiger partial charge in [0.1, 0.15) is 6.33 Å². The van der Waals surface area contributed by atoms with Gasteiger partial charge in [-0.2, -0.15) is 0 Å². The molecule has 5 heteroatoms. The van der Waals surface area contributed by atoms with Gasteiger partial charge in [0.2, 0.25) is 5.82 Å². The lowest BCUT2D eigenvalue weighted by molar-refractivity contribution is 0.0985. The van der Waals surface area contributed by atoms with Crippen molar-refractivity contribution >= 4 is 5.91 Å². The summed E-state index contributed by atoms with van der Waals surface area (Å²) in [5.41, 5.74) is 5.13. The SMILES string of the molecule is CCCCCCn1cnnc1C(N)=O. The maximum absolute atomic E-state index is 10.9. The van der Waals surface area contributed by atoms with Crippen molar-refractivity contribution in [1.82, 2.24) is 14.8 Å². The summed E-state index contributed by atoms with van der Waals surface area (Å²) in [7, 11) is 0. The Kier molecular flexibility index (Phi) is 4.10. The molecule has 0 aromatic carbocycles. The van der Waals surface area contributed by atoms with Gasteiger partial charge in [-0.1, -0.05) is 26.2 Å². The fourth-order valence-electron chi connectivity index (χ4n) is 1.32. The van der Waals surface area contributed by atoms with Crippen LogP contribution in [0.2, 0.25) is 0 Å². The average molecular weight is 196 g/mol. The Labute approximate surface area is 83.3 Å². The minimum Gasteiger partial charge on any atom is -0.363 e. The molecule has 78 valence electrons. The minimum absolute atomic E-state index is 0.251. The van der Waals surface area contributed by atoms with Crippen LogP contribution in [0.4, 0.5) is 0 Å². The predicted octanol–water partition coefficient (Wildman–Crippen LogP) is 0.957. The number of nitrogens with zero attached hydrogens (tertiary/aromatic N) is 3. The first-order chi connectivity index (χ1) is 6.75. The number of aromatic nitrogens is 3. The number of rotatable bonds is 6. The summed E-state index contributed by atoms with van der Waals surface area (Å²) in [5, 5.41) is 7.31. The molecule has 1 rings (SSSR count). The molecule has 0 saturated carbocycles. The molecule has 2 N–H and O–H groups in total. The van der Waals surface area contributed by atoms with Gasteiger partial charge in [0, 0.05) is 6.54 Å². The van der Waals surface area contributed by atoms with E-state index in [1.807, 2.05) is 0 Å². The van der Waals surface area contributed by atoms with E-state index >= 15 is 0 Å². The van der Waals surface area contributed by atoms with Crippen molar-refractivity contribution < 1.29 is 4.79 Å². The number of unbranched alkanes of at least 4 members (excludes halogenated alkanes) is 3. The molecule has 1 heterocycles. The lowest BCUT2D eigenvalue weighted by Crippen LogP contribution is -2.18. The van der Waals surface area contributed by atoms with Crippen molar-refractivity contribution in [3.63, 3.8) is 0 Å². The maximum Gasteiger partial charge on any atom is 0.286 e. The summed E-state index contributed by atoms with van der Waals surface area (Å²) >= 11 is 0. The van der Waals surface area contributed by atoms with Crippen molar-refractivity contribution in [3.05, 3.63) is 12.2 Å². The molecule has 0 bridgehead atoms. The van der Waals surface area contributed by atoms with Crippen LogP contribution in [0.5, 0.6) is 0 Å². The van der Waals surface area contributed by atoms with Gasteiger partial charge in [0.15, 0.2) is 0 Å². The van der Waals surface area contributed by atoms with E-state index in [9.17, 15) is 4.79 Å². The zero-order valence-electron chi connectivity index (χ0n) is 8.44. The Bertz CT molecular complexity index is 295. The lowest BCUT2D eigenvalue weighted by atomic mass is 10.2. The smallest absolute Gasteiger partial charge is 0.286 e. The number of hydrogen-bond donors (Lipinski definition) is 1. The number of primary amides is 1. The summed E-state index contributed by atoms with van der Waals surface area (Å²) in [5.74, 6) is -0.264. The van der Waals surface area contributed by atoms with E-state index in [4.69, 9.17) is 5.73 Å². The van der Waals surface area contributed by atoms with Crippen LogP contribution in [-0.4, -0.2) is 20.7 Å². The van der Waals surface area contributed by atoms with E-state index < -0.39 is 5.91 Å². The number of aryl methyl sites for hydroxylation is 1. The molecule has 0 spiro atoms. The molecule has 0 aliphatic heterocycles. The standard InChI is InChI=1S/C9H16N4O/c1-2-3-4-5-6-13-7-11-12-9(13)8(10)14/h7H,2-6H2,1H3,(H2,10,14). The van der Waals surface area contributed by atoms with Crippen molar-refractivity contribution in [1.29, 1.82) is 0 Å². The van der Waals surface area contributed by atoms with Crippen LogP contribution in [0.3, 0.4) is 0 Å². The zero-order chi connectivity index (χ0) is 10.4. The van der Waals surface area contributed by atoms with E-state index in [2.05, 4.69) is 17.1 Å². The third kappa shape index (κ3) is 2.83. The van der Waals surface area contributed by atoms with E-state index in [1.165, 1.54) is 12.8 Å². The Balaban J connectivity index is 2.42. The molecule has 0 aliphatic carbocycles. The monoisotopic (exact) mass is 196 g/mol. The molecule has 14 heavy (non-hydrogen) atoms. The second-order valence-corrected chi connectivity index (χ2v) is 3.27. The first-order valence-electron chi connectivity index (χ1n) is 4.93. The molecule has 0 radical (unpaired) electrons. The normalized spacial score (nSPS) is 10.4. The molecular weight excluding hydrogens is 180 g/mol. The molecule has 5 nitrogen and oxygen atoms in total. The molecule has 0 atom stereocenters. The first kappa shape index (κ1) is 10.7. The minimum atomic E-state index is -0.516. The van der Waals surface area contributed by atoms with E-state index in [0.717, 1.165) is 19.4 Å². The fourth-order valence-corrected chi connectivity index (χ4v) is 1.32. The van der Waals surface area contributed by atoms with Crippen LogP contribution in [0, 0.1) is 0 Å². The largest absolute Gasteiger partial charge is 0.363 e. The van der Waals surface area contributed by atoms with Crippen molar-refractivity contribution in [2.75, 3.05) is 0 Å².